The van der Waals surface area contributed by atoms with Gasteiger partial charge in [-0.05, 0) is 37.8 Å². The number of hydrogen-bond acceptors (Lipinski definition) is 4. The Kier molecular flexibility index (Phi) is 5.08. The fraction of sp³-hybridized carbons (Fsp3) is 0.688. The van der Waals surface area contributed by atoms with Crippen LogP contribution in [0.2, 0.25) is 0 Å². The van der Waals surface area contributed by atoms with Gasteiger partial charge in [0.05, 0.1) is 0 Å². The van der Waals surface area contributed by atoms with E-state index in [1.807, 2.05) is 6.07 Å². The van der Waals surface area contributed by atoms with Crippen molar-refractivity contribution in [3.8, 4) is 0 Å². The second-order valence-electron chi connectivity index (χ2n) is 6.36. The van der Waals surface area contributed by atoms with Crippen LogP contribution in [0.4, 0.5) is 16.4 Å². The number of urea groups is 1. The zero-order chi connectivity index (χ0) is 15.2. The lowest BCUT2D eigenvalue weighted by atomic mass is 9.96. The van der Waals surface area contributed by atoms with Crippen molar-refractivity contribution in [3.63, 3.8) is 0 Å². The number of aromatic nitrogens is 2. The van der Waals surface area contributed by atoms with Crippen LogP contribution < -0.4 is 16.0 Å². The van der Waals surface area contributed by atoms with Crippen LogP contribution >= 0.6 is 0 Å². The van der Waals surface area contributed by atoms with Crippen LogP contribution in [0.25, 0.3) is 0 Å². The van der Waals surface area contributed by atoms with Crippen molar-refractivity contribution in [1.29, 1.82) is 0 Å². The summed E-state index contributed by atoms with van der Waals surface area (Å²) in [4.78, 5) is 11.9. The average molecular weight is 303 g/mol. The van der Waals surface area contributed by atoms with Gasteiger partial charge in [-0.1, -0.05) is 32.1 Å². The van der Waals surface area contributed by atoms with Crippen LogP contribution in [0.5, 0.6) is 0 Å². The average Bonchev–Trinajstić information content (AvgIpc) is 3.03. The quantitative estimate of drug-likeness (QED) is 0.797. The first kappa shape index (κ1) is 15.1. The molecule has 0 aliphatic heterocycles. The molecule has 3 rings (SSSR count). The van der Waals surface area contributed by atoms with Gasteiger partial charge in [0.15, 0.2) is 5.82 Å². The Morgan fingerprint density at radius 2 is 1.45 bits per heavy atom. The third kappa shape index (κ3) is 4.32. The van der Waals surface area contributed by atoms with E-state index in [1.54, 1.807) is 6.07 Å². The molecule has 2 aliphatic rings. The summed E-state index contributed by atoms with van der Waals surface area (Å²) < 4.78 is 0. The van der Waals surface area contributed by atoms with E-state index in [0.717, 1.165) is 18.7 Å². The molecule has 0 spiro atoms. The number of carbonyl (C=O) groups is 1. The third-order valence-corrected chi connectivity index (χ3v) is 4.55. The molecule has 0 saturated heterocycles. The van der Waals surface area contributed by atoms with Crippen LogP contribution in [0.15, 0.2) is 12.1 Å². The summed E-state index contributed by atoms with van der Waals surface area (Å²) in [7, 11) is 0. The summed E-state index contributed by atoms with van der Waals surface area (Å²) in [5.41, 5.74) is 0. The minimum Gasteiger partial charge on any atom is -0.366 e. The van der Waals surface area contributed by atoms with E-state index in [0.29, 0.717) is 17.9 Å². The Morgan fingerprint density at radius 1 is 0.864 bits per heavy atom. The number of nitrogens with one attached hydrogen (secondary N) is 3. The van der Waals surface area contributed by atoms with Gasteiger partial charge in [0.25, 0.3) is 0 Å². The van der Waals surface area contributed by atoms with Crippen molar-refractivity contribution >= 4 is 17.7 Å². The molecule has 6 heteroatoms. The molecule has 2 aliphatic carbocycles. The van der Waals surface area contributed by atoms with Gasteiger partial charge in [0.2, 0.25) is 0 Å². The fourth-order valence-electron chi connectivity index (χ4n) is 3.34. The summed E-state index contributed by atoms with van der Waals surface area (Å²) in [5.74, 6) is 1.27. The van der Waals surface area contributed by atoms with Crippen molar-refractivity contribution in [1.82, 2.24) is 15.5 Å². The number of nitrogens with zero attached hydrogens (tertiary/aromatic N) is 2. The lowest BCUT2D eigenvalue weighted by molar-refractivity contribution is 0.244. The molecular weight excluding hydrogens is 278 g/mol. The molecular formula is C16H25N5O. The van der Waals surface area contributed by atoms with Gasteiger partial charge in [-0.3, -0.25) is 5.32 Å². The molecule has 2 saturated carbocycles. The molecule has 3 N–H and O–H groups in total. The first-order valence-electron chi connectivity index (χ1n) is 8.47. The van der Waals surface area contributed by atoms with Crippen molar-refractivity contribution in [3.05, 3.63) is 12.1 Å². The Bertz CT molecular complexity index is 478. The Morgan fingerprint density at radius 3 is 2.14 bits per heavy atom. The summed E-state index contributed by atoms with van der Waals surface area (Å²) in [6.07, 6.45) is 10.8. The zero-order valence-electron chi connectivity index (χ0n) is 13.0. The maximum absolute atomic E-state index is 11.9. The summed E-state index contributed by atoms with van der Waals surface area (Å²) in [6, 6.07) is 4.30. The van der Waals surface area contributed by atoms with E-state index in [4.69, 9.17) is 0 Å². The first-order chi connectivity index (χ1) is 10.8. The Hall–Kier alpha value is -1.85. The topological polar surface area (TPSA) is 78.9 Å². The first-order valence-corrected chi connectivity index (χ1v) is 8.47. The van der Waals surface area contributed by atoms with E-state index in [2.05, 4.69) is 26.1 Å². The summed E-state index contributed by atoms with van der Waals surface area (Å²) in [5, 5.41) is 17.4. The molecule has 0 bridgehead atoms. The third-order valence-electron chi connectivity index (χ3n) is 4.55. The molecule has 0 atom stereocenters. The van der Waals surface area contributed by atoms with Crippen molar-refractivity contribution in [2.24, 2.45) is 0 Å². The van der Waals surface area contributed by atoms with Gasteiger partial charge in [-0.2, -0.15) is 0 Å². The number of rotatable bonds is 4. The van der Waals surface area contributed by atoms with Crippen molar-refractivity contribution in [2.75, 3.05) is 10.6 Å². The van der Waals surface area contributed by atoms with Crippen LogP contribution in [0.1, 0.15) is 57.8 Å². The minimum absolute atomic E-state index is 0.183. The summed E-state index contributed by atoms with van der Waals surface area (Å²) in [6.45, 7) is 0. The second kappa shape index (κ2) is 7.42. The van der Waals surface area contributed by atoms with Gasteiger partial charge >= 0.3 is 6.03 Å². The van der Waals surface area contributed by atoms with Crippen LogP contribution in [0, 0.1) is 0 Å². The smallest absolute Gasteiger partial charge is 0.320 e. The van der Waals surface area contributed by atoms with Gasteiger partial charge in [-0.25, -0.2) is 4.79 Å². The molecule has 6 nitrogen and oxygen atoms in total. The number of anilines is 2. The van der Waals surface area contributed by atoms with E-state index in [1.165, 1.54) is 44.9 Å². The highest BCUT2D eigenvalue weighted by Crippen LogP contribution is 2.21. The lowest BCUT2D eigenvalue weighted by Crippen LogP contribution is -2.39. The monoisotopic (exact) mass is 303 g/mol. The van der Waals surface area contributed by atoms with Gasteiger partial charge in [0.1, 0.15) is 5.82 Å². The zero-order valence-corrected chi connectivity index (χ0v) is 13.0. The minimum atomic E-state index is -0.183. The molecule has 120 valence electrons. The molecule has 1 aromatic heterocycles. The highest BCUT2D eigenvalue weighted by Gasteiger charge is 2.17. The van der Waals surface area contributed by atoms with Gasteiger partial charge < -0.3 is 10.6 Å². The lowest BCUT2D eigenvalue weighted by Gasteiger charge is -2.22. The maximum Gasteiger partial charge on any atom is 0.320 e. The van der Waals surface area contributed by atoms with Crippen LogP contribution in [0.3, 0.4) is 0 Å². The van der Waals surface area contributed by atoms with Crippen molar-refractivity contribution in [2.45, 2.75) is 69.9 Å². The Balaban J connectivity index is 1.46. The second-order valence-corrected chi connectivity index (χ2v) is 6.36. The maximum atomic E-state index is 11.9. The highest BCUT2D eigenvalue weighted by atomic mass is 16.2. The Labute approximate surface area is 131 Å². The predicted molar refractivity (Wildman–Crippen MR) is 86.9 cm³/mol. The van der Waals surface area contributed by atoms with E-state index in [9.17, 15) is 4.79 Å². The van der Waals surface area contributed by atoms with Gasteiger partial charge in [0, 0.05) is 12.1 Å². The van der Waals surface area contributed by atoms with Crippen molar-refractivity contribution < 1.29 is 4.79 Å². The largest absolute Gasteiger partial charge is 0.366 e. The number of carbonyl (C=O) groups excluding carboxylic acids is 1. The fourth-order valence-corrected chi connectivity index (χ4v) is 3.34. The number of amides is 2. The molecule has 22 heavy (non-hydrogen) atoms. The standard InChI is InChI=1S/C16H25N5O/c22-16(18-13-6-2-1-3-7-13)19-15-11-10-14(20-21-15)17-12-8-4-5-9-12/h10-13H,1-9H2,(H,17,20)(H2,18,19,21,22). The number of hydrogen-bond donors (Lipinski definition) is 3. The molecule has 2 amide bonds. The van der Waals surface area contributed by atoms with Crippen LogP contribution in [-0.4, -0.2) is 28.3 Å². The molecule has 1 heterocycles. The van der Waals surface area contributed by atoms with Crippen LogP contribution in [-0.2, 0) is 0 Å². The molecule has 0 radical (unpaired) electrons. The van der Waals surface area contributed by atoms with E-state index < -0.39 is 0 Å². The molecule has 0 unspecified atom stereocenters. The van der Waals surface area contributed by atoms with E-state index in [-0.39, 0.29) is 6.03 Å². The molecule has 0 aromatic carbocycles. The predicted octanol–water partition coefficient (Wildman–Crippen LogP) is 3.29. The highest BCUT2D eigenvalue weighted by molar-refractivity contribution is 5.88. The van der Waals surface area contributed by atoms with E-state index >= 15 is 0 Å². The molecule has 2 fully saturated rings. The normalized spacial score (nSPS) is 19.8. The SMILES string of the molecule is O=C(Nc1ccc(NC2CCCC2)nn1)NC1CCCCC1. The van der Waals surface area contributed by atoms with Gasteiger partial charge in [-0.15, -0.1) is 10.2 Å². The summed E-state index contributed by atoms with van der Waals surface area (Å²) >= 11 is 0. The molecule has 1 aromatic rings.